The Morgan fingerprint density at radius 2 is 0.967 bits per heavy atom. The van der Waals surface area contributed by atoms with Crippen molar-refractivity contribution in [2.45, 2.75) is 13.8 Å². The molecule has 2 aromatic carbocycles. The summed E-state index contributed by atoms with van der Waals surface area (Å²) in [5, 5.41) is 0. The lowest BCUT2D eigenvalue weighted by molar-refractivity contribution is -0.117. The van der Waals surface area contributed by atoms with Crippen LogP contribution in [0.2, 0.25) is 0 Å². The van der Waals surface area contributed by atoms with Gasteiger partial charge in [0.25, 0.3) is 0 Å². The van der Waals surface area contributed by atoms with Crippen LogP contribution in [0.25, 0.3) is 0 Å². The van der Waals surface area contributed by atoms with Crippen molar-refractivity contribution < 1.29 is 28.7 Å². The van der Waals surface area contributed by atoms with E-state index in [1.807, 2.05) is 0 Å². The van der Waals surface area contributed by atoms with Crippen molar-refractivity contribution in [2.75, 3.05) is 13.2 Å². The highest BCUT2D eigenvalue weighted by atomic mass is 16.5. The van der Waals surface area contributed by atoms with E-state index < -0.39 is 23.5 Å². The van der Waals surface area contributed by atoms with Crippen LogP contribution >= 0.6 is 0 Å². The maximum Gasteiger partial charge on any atom is 0.338 e. The van der Waals surface area contributed by atoms with E-state index in [1.165, 1.54) is 0 Å². The molecule has 0 spiro atoms. The summed E-state index contributed by atoms with van der Waals surface area (Å²) in [5.74, 6) is -2.04. The van der Waals surface area contributed by atoms with Gasteiger partial charge in [-0.2, -0.15) is 0 Å². The minimum absolute atomic E-state index is 0.0215. The molecule has 6 nitrogen and oxygen atoms in total. The van der Waals surface area contributed by atoms with E-state index in [1.54, 1.807) is 74.5 Å². The van der Waals surface area contributed by atoms with Gasteiger partial charge in [-0.15, -0.1) is 0 Å². The predicted molar refractivity (Wildman–Crippen MR) is 109 cm³/mol. The Morgan fingerprint density at radius 1 is 0.633 bits per heavy atom. The van der Waals surface area contributed by atoms with Crippen LogP contribution in [-0.2, 0) is 19.1 Å². The third-order valence-corrected chi connectivity index (χ3v) is 4.87. The fraction of sp³-hybridized carbons (Fsp3) is 0.167. The number of carbonyl (C=O) groups is 4. The number of rotatable bonds is 6. The van der Waals surface area contributed by atoms with Gasteiger partial charge in [0.1, 0.15) is 13.2 Å². The molecule has 0 radical (unpaired) electrons. The van der Waals surface area contributed by atoms with Gasteiger partial charge >= 0.3 is 11.9 Å². The van der Waals surface area contributed by atoms with Crippen LogP contribution in [0.3, 0.4) is 0 Å². The first kappa shape index (κ1) is 20.9. The van der Waals surface area contributed by atoms with E-state index in [2.05, 4.69) is 0 Å². The van der Waals surface area contributed by atoms with E-state index >= 15 is 0 Å². The number of ether oxygens (including phenoxy) is 2. The van der Waals surface area contributed by atoms with Crippen LogP contribution in [0.4, 0.5) is 0 Å². The zero-order valence-electron chi connectivity index (χ0n) is 16.6. The standard InChI is InChI=1S/C24H20O6/c1-15-16(2)22(26)20(14-30-24(28)18-11-7-4-8-12-18)19(21(15)25)13-29-23(27)17-9-5-3-6-10-17/h3-12H,13-14H2,1-2H3. The van der Waals surface area contributed by atoms with Crippen LogP contribution in [0, 0.1) is 0 Å². The zero-order valence-corrected chi connectivity index (χ0v) is 16.6. The van der Waals surface area contributed by atoms with Gasteiger partial charge in [0.05, 0.1) is 11.1 Å². The molecule has 0 aliphatic heterocycles. The first-order valence-electron chi connectivity index (χ1n) is 9.33. The number of esters is 2. The first-order valence-corrected chi connectivity index (χ1v) is 9.33. The summed E-state index contributed by atoms with van der Waals surface area (Å²) in [6, 6.07) is 16.6. The number of allylic oxidation sites excluding steroid dienone is 2. The Morgan fingerprint density at radius 3 is 1.30 bits per heavy atom. The molecule has 0 atom stereocenters. The van der Waals surface area contributed by atoms with Crippen molar-refractivity contribution in [3.8, 4) is 0 Å². The van der Waals surface area contributed by atoms with Gasteiger partial charge in [0, 0.05) is 22.3 Å². The maximum absolute atomic E-state index is 12.8. The highest BCUT2D eigenvalue weighted by molar-refractivity contribution is 6.25. The predicted octanol–water partition coefficient (Wildman–Crippen LogP) is 3.49. The third-order valence-electron chi connectivity index (χ3n) is 4.87. The largest absolute Gasteiger partial charge is 0.457 e. The minimum Gasteiger partial charge on any atom is -0.457 e. The molecule has 0 aromatic heterocycles. The Hall–Kier alpha value is -3.80. The molecule has 0 N–H and O–H groups in total. The summed E-state index contributed by atoms with van der Waals surface area (Å²) in [5.41, 5.74) is 1.26. The monoisotopic (exact) mass is 404 g/mol. The lowest BCUT2D eigenvalue weighted by atomic mass is 9.86. The molecule has 0 fully saturated rings. The number of hydrogen-bond donors (Lipinski definition) is 0. The molecule has 0 amide bonds. The molecule has 1 aliphatic carbocycles. The number of hydrogen-bond acceptors (Lipinski definition) is 6. The smallest absolute Gasteiger partial charge is 0.338 e. The zero-order chi connectivity index (χ0) is 21.7. The summed E-state index contributed by atoms with van der Waals surface area (Å²) < 4.78 is 10.5. The lowest BCUT2D eigenvalue weighted by Gasteiger charge is -2.20. The van der Waals surface area contributed by atoms with Crippen LogP contribution in [0.15, 0.2) is 83.0 Å². The average Bonchev–Trinajstić information content (AvgIpc) is 2.79. The number of carbonyl (C=O) groups excluding carboxylic acids is 4. The van der Waals surface area contributed by atoms with Crippen molar-refractivity contribution in [1.29, 1.82) is 0 Å². The molecule has 0 bridgehead atoms. The van der Waals surface area contributed by atoms with Gasteiger partial charge in [-0.1, -0.05) is 36.4 Å². The van der Waals surface area contributed by atoms with Crippen molar-refractivity contribution in [3.05, 3.63) is 94.1 Å². The normalized spacial score (nSPS) is 14.1. The van der Waals surface area contributed by atoms with Crippen LogP contribution in [0.5, 0.6) is 0 Å². The molecule has 30 heavy (non-hydrogen) atoms. The van der Waals surface area contributed by atoms with Crippen LogP contribution < -0.4 is 0 Å². The SMILES string of the molecule is CC1=C(C)C(=O)C(COC(=O)c2ccccc2)=C(COC(=O)c2ccccc2)C1=O. The molecule has 0 unspecified atom stereocenters. The number of ketones is 2. The molecule has 1 aliphatic rings. The molecule has 2 aromatic rings. The molecular formula is C24H20O6. The first-order chi connectivity index (χ1) is 14.4. The van der Waals surface area contributed by atoms with Gasteiger partial charge in [0.2, 0.25) is 0 Å². The van der Waals surface area contributed by atoms with E-state index in [-0.39, 0.29) is 35.5 Å². The van der Waals surface area contributed by atoms with Gasteiger partial charge in [-0.3, -0.25) is 9.59 Å². The minimum atomic E-state index is -0.618. The van der Waals surface area contributed by atoms with E-state index in [0.29, 0.717) is 11.1 Å². The van der Waals surface area contributed by atoms with Crippen LogP contribution in [0.1, 0.15) is 34.6 Å². The second kappa shape index (κ2) is 9.13. The summed E-state index contributed by atoms with van der Waals surface area (Å²) in [4.78, 5) is 50.0. The van der Waals surface area contributed by atoms with E-state index in [9.17, 15) is 19.2 Å². The number of benzene rings is 2. The molecule has 0 saturated heterocycles. The summed E-state index contributed by atoms with van der Waals surface area (Å²) in [6.07, 6.45) is 0. The summed E-state index contributed by atoms with van der Waals surface area (Å²) in [6.45, 7) is 2.31. The van der Waals surface area contributed by atoms with Crippen LogP contribution in [-0.4, -0.2) is 36.7 Å². The molecule has 0 saturated carbocycles. The van der Waals surface area contributed by atoms with Gasteiger partial charge < -0.3 is 9.47 Å². The quantitative estimate of drug-likeness (QED) is 0.541. The summed E-state index contributed by atoms with van der Waals surface area (Å²) in [7, 11) is 0. The topological polar surface area (TPSA) is 86.7 Å². The fourth-order valence-corrected chi connectivity index (χ4v) is 2.96. The highest BCUT2D eigenvalue weighted by Crippen LogP contribution is 2.25. The van der Waals surface area contributed by atoms with Crippen molar-refractivity contribution >= 4 is 23.5 Å². The molecule has 6 heteroatoms. The second-order valence-electron chi connectivity index (χ2n) is 6.75. The average molecular weight is 404 g/mol. The molecular weight excluding hydrogens is 384 g/mol. The van der Waals surface area contributed by atoms with Gasteiger partial charge in [0.15, 0.2) is 11.6 Å². The highest BCUT2D eigenvalue weighted by Gasteiger charge is 2.32. The van der Waals surface area contributed by atoms with Gasteiger partial charge in [-0.25, -0.2) is 9.59 Å². The third kappa shape index (κ3) is 4.43. The van der Waals surface area contributed by atoms with Gasteiger partial charge in [-0.05, 0) is 38.1 Å². The fourth-order valence-electron chi connectivity index (χ4n) is 2.96. The second-order valence-corrected chi connectivity index (χ2v) is 6.75. The molecule has 3 rings (SSSR count). The van der Waals surface area contributed by atoms with Crippen molar-refractivity contribution in [3.63, 3.8) is 0 Å². The van der Waals surface area contributed by atoms with Crippen molar-refractivity contribution in [2.24, 2.45) is 0 Å². The summed E-state index contributed by atoms with van der Waals surface area (Å²) >= 11 is 0. The number of Topliss-reactive ketones (excluding diaryl/α,β-unsaturated/α-hetero) is 2. The Bertz CT molecular complexity index is 976. The molecule has 0 heterocycles. The van der Waals surface area contributed by atoms with Crippen molar-refractivity contribution in [1.82, 2.24) is 0 Å². The van der Waals surface area contributed by atoms with E-state index in [0.717, 1.165) is 0 Å². The Balaban J connectivity index is 1.81. The molecule has 152 valence electrons. The lowest BCUT2D eigenvalue weighted by Crippen LogP contribution is -2.28. The van der Waals surface area contributed by atoms with E-state index in [4.69, 9.17) is 9.47 Å². The Labute approximate surface area is 173 Å². The maximum atomic E-state index is 12.8. The Kier molecular flexibility index (Phi) is 6.37.